The van der Waals surface area contributed by atoms with Crippen molar-refractivity contribution in [3.05, 3.63) is 80.6 Å². The highest BCUT2D eigenvalue weighted by Crippen LogP contribution is 2.35. The van der Waals surface area contributed by atoms with Crippen LogP contribution in [0, 0.1) is 10.1 Å². The van der Waals surface area contributed by atoms with Crippen molar-refractivity contribution in [1.82, 2.24) is 24.0 Å². The van der Waals surface area contributed by atoms with Gasteiger partial charge in [0.15, 0.2) is 0 Å². The molecule has 0 spiro atoms. The van der Waals surface area contributed by atoms with E-state index in [1.807, 2.05) is 69.1 Å². The van der Waals surface area contributed by atoms with Crippen LogP contribution in [0.5, 0.6) is 5.75 Å². The monoisotopic (exact) mass is 519 g/mol. The molecule has 0 unspecified atom stereocenters. The highest BCUT2D eigenvalue weighted by atomic mass is 16.6. The molecule has 0 aliphatic rings. The van der Waals surface area contributed by atoms with Gasteiger partial charge in [-0.25, -0.2) is 19.3 Å². The molecule has 0 aliphatic heterocycles. The van der Waals surface area contributed by atoms with Crippen LogP contribution >= 0.6 is 0 Å². The van der Waals surface area contributed by atoms with Crippen LogP contribution in [0.1, 0.15) is 31.3 Å². The smallest absolute Gasteiger partial charge is 0.335 e. The number of ether oxygens (including phenoxy) is 1. The molecule has 200 valence electrons. The summed E-state index contributed by atoms with van der Waals surface area (Å²) in [6, 6.07) is 12.4. The van der Waals surface area contributed by atoms with Gasteiger partial charge in [-0.05, 0) is 46.1 Å². The first-order valence-corrected chi connectivity index (χ1v) is 12.4. The maximum absolute atomic E-state index is 13.4. The summed E-state index contributed by atoms with van der Waals surface area (Å²) in [5.41, 5.74) is 2.41. The van der Waals surface area contributed by atoms with Crippen molar-refractivity contribution in [2.24, 2.45) is 0 Å². The number of likely N-dealkylation sites (N-methyl/N-ethyl adjacent to an activating group) is 2. The zero-order valence-electron chi connectivity index (χ0n) is 22.6. The summed E-state index contributed by atoms with van der Waals surface area (Å²) >= 11 is 0. The fraction of sp³-hybridized carbons (Fsp3) is 0.370. The van der Waals surface area contributed by atoms with Crippen molar-refractivity contribution in [1.29, 1.82) is 0 Å². The number of hydrogen-bond donors (Lipinski definition) is 0. The number of benzene rings is 2. The lowest BCUT2D eigenvalue weighted by Crippen LogP contribution is -2.29. The second-order valence-electron chi connectivity index (χ2n) is 9.71. The molecule has 2 heterocycles. The Morgan fingerprint density at radius 3 is 2.42 bits per heavy atom. The van der Waals surface area contributed by atoms with Gasteiger partial charge in [0.05, 0.1) is 23.1 Å². The molecule has 4 aromatic rings. The highest BCUT2D eigenvalue weighted by Gasteiger charge is 2.23. The number of aromatic nitrogens is 4. The minimum Gasteiger partial charge on any atom is -0.496 e. The van der Waals surface area contributed by atoms with E-state index in [0.717, 1.165) is 17.6 Å². The molecule has 38 heavy (non-hydrogen) atoms. The number of methoxy groups -OCH3 is 1. The Morgan fingerprint density at radius 1 is 1.08 bits per heavy atom. The number of imidazole rings is 1. The Kier molecular flexibility index (Phi) is 7.77. The van der Waals surface area contributed by atoms with Crippen LogP contribution in [0.4, 0.5) is 11.4 Å². The van der Waals surface area contributed by atoms with Gasteiger partial charge in [-0.1, -0.05) is 12.1 Å². The Morgan fingerprint density at radius 2 is 1.79 bits per heavy atom. The van der Waals surface area contributed by atoms with Crippen molar-refractivity contribution < 1.29 is 9.66 Å². The van der Waals surface area contributed by atoms with Crippen molar-refractivity contribution in [3.63, 3.8) is 0 Å². The van der Waals surface area contributed by atoms with Gasteiger partial charge in [0.1, 0.15) is 23.1 Å². The van der Waals surface area contributed by atoms with Crippen LogP contribution in [0.25, 0.3) is 16.9 Å². The zero-order valence-corrected chi connectivity index (χ0v) is 22.6. The Hall–Kier alpha value is -4.25. The van der Waals surface area contributed by atoms with E-state index in [1.54, 1.807) is 27.5 Å². The van der Waals surface area contributed by atoms with E-state index < -0.39 is 0 Å². The number of nitro groups is 1. The fourth-order valence-corrected chi connectivity index (χ4v) is 4.51. The van der Waals surface area contributed by atoms with E-state index >= 15 is 0 Å². The Bertz CT molecular complexity index is 1520. The first kappa shape index (κ1) is 26.8. The van der Waals surface area contributed by atoms with Crippen molar-refractivity contribution in [2.75, 3.05) is 46.2 Å². The number of nitrogens with zero attached hydrogens (tertiary/aromatic N) is 7. The normalized spacial score (nSPS) is 11.5. The van der Waals surface area contributed by atoms with Crippen molar-refractivity contribution in [3.8, 4) is 11.6 Å². The molecule has 0 atom stereocenters. The quantitative estimate of drug-likeness (QED) is 0.231. The number of anilines is 1. The van der Waals surface area contributed by atoms with Crippen LogP contribution in [0.3, 0.4) is 0 Å². The summed E-state index contributed by atoms with van der Waals surface area (Å²) in [5.74, 6) is 1.35. The van der Waals surface area contributed by atoms with E-state index in [0.29, 0.717) is 35.2 Å². The molecular weight excluding hydrogens is 486 g/mol. The van der Waals surface area contributed by atoms with Gasteiger partial charge >= 0.3 is 5.69 Å². The molecule has 2 aromatic carbocycles. The SMILES string of the molecule is COc1cc(N(C)CCN(C)C)c([N+](=O)[O-])cc1Cc1nccc(-n2c(=O)n(C(C)C)c3ccccc32)n1. The van der Waals surface area contributed by atoms with Gasteiger partial charge in [0.2, 0.25) is 0 Å². The van der Waals surface area contributed by atoms with Crippen LogP contribution in [-0.4, -0.2) is 70.3 Å². The van der Waals surface area contributed by atoms with E-state index in [2.05, 4.69) is 9.97 Å². The highest BCUT2D eigenvalue weighted by molar-refractivity contribution is 5.78. The van der Waals surface area contributed by atoms with Crippen molar-refractivity contribution in [2.45, 2.75) is 26.3 Å². The lowest BCUT2D eigenvalue weighted by molar-refractivity contribution is -0.384. The summed E-state index contributed by atoms with van der Waals surface area (Å²) < 4.78 is 8.92. The molecule has 0 saturated heterocycles. The zero-order chi connectivity index (χ0) is 27.6. The third kappa shape index (κ3) is 5.23. The standard InChI is InChI=1S/C27H33N7O4/c1-18(2)32-20-9-7-8-10-21(20)33(27(32)35)26-11-12-28-25(29-26)16-19-15-23(34(36)37)22(17-24(19)38-6)31(5)14-13-30(3)4/h7-12,15,17-18H,13-14,16H2,1-6H3. The fourth-order valence-electron chi connectivity index (χ4n) is 4.51. The van der Waals surface area contributed by atoms with Gasteiger partial charge in [0.25, 0.3) is 5.69 Å². The lowest BCUT2D eigenvalue weighted by Gasteiger charge is -2.22. The second kappa shape index (κ2) is 11.0. The summed E-state index contributed by atoms with van der Waals surface area (Å²) in [4.78, 5) is 37.9. The summed E-state index contributed by atoms with van der Waals surface area (Å²) in [6.45, 7) is 5.28. The molecule has 0 N–H and O–H groups in total. The molecule has 4 rings (SSSR count). The Labute approximate surface area is 221 Å². The van der Waals surface area contributed by atoms with E-state index in [4.69, 9.17) is 4.74 Å². The maximum atomic E-state index is 13.4. The van der Waals surface area contributed by atoms with Gasteiger partial charge in [0, 0.05) is 56.5 Å². The number of nitro benzene ring substituents is 1. The minimum absolute atomic E-state index is 0.0190. The van der Waals surface area contributed by atoms with E-state index in [9.17, 15) is 14.9 Å². The maximum Gasteiger partial charge on any atom is 0.335 e. The number of para-hydroxylation sites is 2. The van der Waals surface area contributed by atoms with Crippen molar-refractivity contribution >= 4 is 22.4 Å². The van der Waals surface area contributed by atoms with Crippen LogP contribution in [0.2, 0.25) is 0 Å². The van der Waals surface area contributed by atoms with Crippen LogP contribution in [-0.2, 0) is 6.42 Å². The van der Waals surface area contributed by atoms with Crippen LogP contribution < -0.4 is 15.3 Å². The molecule has 2 aromatic heterocycles. The minimum atomic E-state index is -0.387. The topological polar surface area (TPSA) is 112 Å². The average molecular weight is 520 g/mol. The van der Waals surface area contributed by atoms with Gasteiger partial charge in [-0.3, -0.25) is 14.7 Å². The number of hydrogen-bond acceptors (Lipinski definition) is 8. The molecule has 0 amide bonds. The van der Waals surface area contributed by atoms with E-state index in [-0.39, 0.29) is 28.8 Å². The molecule has 0 saturated carbocycles. The molecule has 0 bridgehead atoms. The predicted molar refractivity (Wildman–Crippen MR) is 148 cm³/mol. The molecule has 11 nitrogen and oxygen atoms in total. The third-order valence-electron chi connectivity index (χ3n) is 6.43. The first-order chi connectivity index (χ1) is 18.1. The molecule has 0 fully saturated rings. The number of rotatable bonds is 10. The molecule has 0 aliphatic carbocycles. The summed E-state index contributed by atoms with van der Waals surface area (Å²) in [6.07, 6.45) is 1.78. The molecular formula is C27H33N7O4. The first-order valence-electron chi connectivity index (χ1n) is 12.4. The van der Waals surface area contributed by atoms with Crippen LogP contribution in [0.15, 0.2) is 53.5 Å². The summed E-state index contributed by atoms with van der Waals surface area (Å²) in [5, 5.41) is 12.0. The van der Waals surface area contributed by atoms with E-state index in [1.165, 1.54) is 13.2 Å². The second-order valence-corrected chi connectivity index (χ2v) is 9.71. The van der Waals surface area contributed by atoms with Gasteiger partial charge in [-0.15, -0.1) is 0 Å². The van der Waals surface area contributed by atoms with Gasteiger partial charge < -0.3 is 14.5 Å². The number of fused-ring (bicyclic) bond motifs is 1. The summed E-state index contributed by atoms with van der Waals surface area (Å²) in [7, 11) is 7.26. The molecule has 0 radical (unpaired) electrons. The van der Waals surface area contributed by atoms with Gasteiger partial charge in [-0.2, -0.15) is 0 Å². The third-order valence-corrected chi connectivity index (χ3v) is 6.43. The largest absolute Gasteiger partial charge is 0.496 e. The lowest BCUT2D eigenvalue weighted by atomic mass is 10.1. The molecule has 11 heteroatoms. The average Bonchev–Trinajstić information content (AvgIpc) is 3.18. The Balaban J connectivity index is 1.75. The predicted octanol–water partition coefficient (Wildman–Crippen LogP) is 3.67.